The second kappa shape index (κ2) is 6.05. The number of nitrogens with one attached hydrogen (secondary N) is 1. The molecule has 2 aromatic carbocycles. The third-order valence-corrected chi connectivity index (χ3v) is 5.06. The van der Waals surface area contributed by atoms with Crippen LogP contribution < -0.4 is 10.5 Å². The van der Waals surface area contributed by atoms with Gasteiger partial charge >= 0.3 is 0 Å². The van der Waals surface area contributed by atoms with Crippen molar-refractivity contribution in [2.24, 2.45) is 0 Å². The second-order valence-corrected chi connectivity index (χ2v) is 7.06. The lowest BCUT2D eigenvalue weighted by molar-refractivity contribution is 0.567. The molecule has 0 aliphatic carbocycles. The van der Waals surface area contributed by atoms with E-state index in [0.717, 1.165) is 11.1 Å². The molecule has 4 nitrogen and oxygen atoms in total. The summed E-state index contributed by atoms with van der Waals surface area (Å²) in [6.45, 7) is 3.77. The Balaban J connectivity index is 2.24. The summed E-state index contributed by atoms with van der Waals surface area (Å²) in [4.78, 5) is 0.0978. The van der Waals surface area contributed by atoms with Crippen LogP contribution in [0.3, 0.4) is 0 Å². The van der Waals surface area contributed by atoms with Crippen LogP contribution in [0.1, 0.15) is 24.1 Å². The summed E-state index contributed by atoms with van der Waals surface area (Å²) in [5, 5.41) is 0.223. The molecule has 6 heteroatoms. The Kier molecular flexibility index (Phi) is 4.56. The lowest BCUT2D eigenvalue weighted by Gasteiger charge is -2.15. The zero-order chi connectivity index (χ0) is 15.6. The number of hydrogen-bond acceptors (Lipinski definition) is 3. The standard InChI is InChI=1S/C15H17ClN2O2S/c1-10-3-5-12(6-4-10)11(2)18-21(19,20)13-7-8-15(17)14(16)9-13/h3-9,11,18H,17H2,1-2H3. The van der Waals surface area contributed by atoms with Gasteiger partial charge in [-0.1, -0.05) is 41.4 Å². The number of benzene rings is 2. The summed E-state index contributed by atoms with van der Waals surface area (Å²) in [6, 6.07) is 11.6. The molecule has 2 rings (SSSR count). The van der Waals surface area contributed by atoms with Gasteiger partial charge in [-0.2, -0.15) is 0 Å². The monoisotopic (exact) mass is 324 g/mol. The number of nitrogen functional groups attached to an aromatic ring is 1. The van der Waals surface area contributed by atoms with Crippen molar-refractivity contribution >= 4 is 27.3 Å². The molecule has 0 spiro atoms. The second-order valence-electron chi connectivity index (χ2n) is 4.94. The van der Waals surface area contributed by atoms with E-state index in [0.29, 0.717) is 5.69 Å². The summed E-state index contributed by atoms with van der Waals surface area (Å²) >= 11 is 5.87. The van der Waals surface area contributed by atoms with Gasteiger partial charge in [0, 0.05) is 6.04 Å². The van der Waals surface area contributed by atoms with E-state index in [4.69, 9.17) is 17.3 Å². The van der Waals surface area contributed by atoms with Gasteiger partial charge in [0.05, 0.1) is 15.6 Å². The van der Waals surface area contributed by atoms with Crippen LogP contribution in [-0.2, 0) is 10.0 Å². The number of halogens is 1. The van der Waals surface area contributed by atoms with E-state index in [1.807, 2.05) is 31.2 Å². The average molecular weight is 325 g/mol. The van der Waals surface area contributed by atoms with Crippen molar-refractivity contribution in [1.29, 1.82) is 0 Å². The molecule has 1 unspecified atom stereocenters. The maximum absolute atomic E-state index is 12.3. The maximum atomic E-state index is 12.3. The lowest BCUT2D eigenvalue weighted by Crippen LogP contribution is -2.26. The van der Waals surface area contributed by atoms with Gasteiger partial charge in [0.2, 0.25) is 10.0 Å². The fourth-order valence-corrected chi connectivity index (χ4v) is 3.40. The van der Waals surface area contributed by atoms with Crippen LogP contribution in [0.5, 0.6) is 0 Å². The summed E-state index contributed by atoms with van der Waals surface area (Å²) in [7, 11) is -3.65. The van der Waals surface area contributed by atoms with Crippen molar-refractivity contribution in [3.63, 3.8) is 0 Å². The summed E-state index contributed by atoms with van der Waals surface area (Å²) < 4.78 is 27.3. The molecule has 0 amide bonds. The van der Waals surface area contributed by atoms with Crippen molar-refractivity contribution in [3.05, 3.63) is 58.6 Å². The van der Waals surface area contributed by atoms with Gasteiger partial charge in [-0.15, -0.1) is 0 Å². The third kappa shape index (κ3) is 3.75. The smallest absolute Gasteiger partial charge is 0.241 e. The van der Waals surface area contributed by atoms with Gasteiger partial charge in [0.1, 0.15) is 0 Å². The first kappa shape index (κ1) is 15.8. The molecule has 112 valence electrons. The Hall–Kier alpha value is -1.56. The highest BCUT2D eigenvalue weighted by Crippen LogP contribution is 2.24. The molecular formula is C15H17ClN2O2S. The Morgan fingerprint density at radius 1 is 1.14 bits per heavy atom. The highest BCUT2D eigenvalue weighted by atomic mass is 35.5. The minimum absolute atomic E-state index is 0.0978. The van der Waals surface area contributed by atoms with Crippen LogP contribution in [0.4, 0.5) is 5.69 Å². The number of hydrogen-bond donors (Lipinski definition) is 2. The topological polar surface area (TPSA) is 72.2 Å². The molecule has 1 atom stereocenters. The average Bonchev–Trinajstić information content (AvgIpc) is 2.42. The number of aryl methyl sites for hydroxylation is 1. The first-order valence-electron chi connectivity index (χ1n) is 6.43. The lowest BCUT2D eigenvalue weighted by atomic mass is 10.1. The molecule has 0 saturated heterocycles. The van der Waals surface area contributed by atoms with Crippen molar-refractivity contribution < 1.29 is 8.42 Å². The van der Waals surface area contributed by atoms with Gasteiger partial charge < -0.3 is 5.73 Å². The Morgan fingerprint density at radius 3 is 2.33 bits per heavy atom. The molecule has 2 aromatic rings. The van der Waals surface area contributed by atoms with Gasteiger partial charge in [-0.25, -0.2) is 13.1 Å². The maximum Gasteiger partial charge on any atom is 0.241 e. The van der Waals surface area contributed by atoms with Crippen LogP contribution in [0.15, 0.2) is 47.4 Å². The molecule has 3 N–H and O–H groups in total. The quantitative estimate of drug-likeness (QED) is 0.848. The molecule has 0 fully saturated rings. The SMILES string of the molecule is Cc1ccc(C(C)NS(=O)(=O)c2ccc(N)c(Cl)c2)cc1. The molecule has 0 bridgehead atoms. The molecule has 0 aliphatic rings. The van der Waals surface area contributed by atoms with Gasteiger partial charge in [0.25, 0.3) is 0 Å². The van der Waals surface area contributed by atoms with Crippen LogP contribution in [-0.4, -0.2) is 8.42 Å². The van der Waals surface area contributed by atoms with Crippen LogP contribution in [0, 0.1) is 6.92 Å². The summed E-state index contributed by atoms with van der Waals surface area (Å²) in [5.41, 5.74) is 7.96. The van der Waals surface area contributed by atoms with E-state index < -0.39 is 10.0 Å². The first-order valence-corrected chi connectivity index (χ1v) is 8.29. The normalized spacial score (nSPS) is 13.1. The van der Waals surface area contributed by atoms with E-state index in [9.17, 15) is 8.42 Å². The van der Waals surface area contributed by atoms with Crippen molar-refractivity contribution in [3.8, 4) is 0 Å². The van der Waals surface area contributed by atoms with Crippen LogP contribution in [0.2, 0.25) is 5.02 Å². The predicted octanol–water partition coefficient (Wildman–Crippen LogP) is 3.27. The van der Waals surface area contributed by atoms with Crippen LogP contribution in [0.25, 0.3) is 0 Å². The van der Waals surface area contributed by atoms with Crippen molar-refractivity contribution in [1.82, 2.24) is 4.72 Å². The van der Waals surface area contributed by atoms with Crippen molar-refractivity contribution in [2.45, 2.75) is 24.8 Å². The van der Waals surface area contributed by atoms with Crippen molar-refractivity contribution in [2.75, 3.05) is 5.73 Å². The fraction of sp³-hybridized carbons (Fsp3) is 0.200. The van der Waals surface area contributed by atoms with E-state index in [1.165, 1.54) is 18.2 Å². The highest BCUT2D eigenvalue weighted by Gasteiger charge is 2.19. The number of sulfonamides is 1. The number of nitrogens with two attached hydrogens (primary N) is 1. The molecule has 0 saturated carbocycles. The number of anilines is 1. The first-order chi connectivity index (χ1) is 9.79. The van der Waals surface area contributed by atoms with E-state index in [2.05, 4.69) is 4.72 Å². The minimum atomic E-state index is -3.65. The van der Waals surface area contributed by atoms with E-state index >= 15 is 0 Å². The zero-order valence-electron chi connectivity index (χ0n) is 11.8. The molecule has 0 aliphatic heterocycles. The van der Waals surface area contributed by atoms with Gasteiger partial charge in [0.15, 0.2) is 0 Å². The van der Waals surface area contributed by atoms with E-state index in [-0.39, 0.29) is 16.0 Å². The number of rotatable bonds is 4. The fourth-order valence-electron chi connectivity index (χ4n) is 1.90. The summed E-state index contributed by atoms with van der Waals surface area (Å²) in [6.07, 6.45) is 0. The molecule has 0 radical (unpaired) electrons. The predicted molar refractivity (Wildman–Crippen MR) is 85.8 cm³/mol. The molecule has 21 heavy (non-hydrogen) atoms. The highest BCUT2D eigenvalue weighted by molar-refractivity contribution is 7.89. The van der Waals surface area contributed by atoms with Crippen LogP contribution >= 0.6 is 11.6 Å². The molecule has 0 heterocycles. The van der Waals surface area contributed by atoms with E-state index in [1.54, 1.807) is 6.92 Å². The Labute approximate surface area is 130 Å². The third-order valence-electron chi connectivity index (χ3n) is 3.19. The Morgan fingerprint density at radius 2 is 1.76 bits per heavy atom. The largest absolute Gasteiger partial charge is 0.398 e. The minimum Gasteiger partial charge on any atom is -0.398 e. The molecule has 0 aromatic heterocycles. The molecular weight excluding hydrogens is 308 g/mol. The summed E-state index contributed by atoms with van der Waals surface area (Å²) in [5.74, 6) is 0. The zero-order valence-corrected chi connectivity index (χ0v) is 13.4. The Bertz CT molecular complexity index is 743. The van der Waals surface area contributed by atoms with Gasteiger partial charge in [-0.3, -0.25) is 0 Å². The van der Waals surface area contributed by atoms with Gasteiger partial charge in [-0.05, 0) is 37.6 Å².